The van der Waals surface area contributed by atoms with Gasteiger partial charge in [0.2, 0.25) is 0 Å². The normalized spacial score (nSPS) is 15.3. The molecule has 0 spiro atoms. The number of methoxy groups -OCH3 is 1. The summed E-state index contributed by atoms with van der Waals surface area (Å²) in [6.45, 7) is 7.84. The number of hydrogen-bond acceptors (Lipinski definition) is 7. The topological polar surface area (TPSA) is 79.1 Å². The summed E-state index contributed by atoms with van der Waals surface area (Å²) in [5, 5.41) is 2.02. The molecule has 1 aromatic heterocycles. The van der Waals surface area contributed by atoms with E-state index in [1.54, 1.807) is 32.4 Å². The van der Waals surface area contributed by atoms with E-state index in [0.29, 0.717) is 38.7 Å². The molecule has 0 aliphatic carbocycles. The van der Waals surface area contributed by atoms with E-state index in [2.05, 4.69) is 0 Å². The van der Waals surface area contributed by atoms with E-state index in [4.69, 9.17) is 19.2 Å². The van der Waals surface area contributed by atoms with E-state index in [9.17, 15) is 9.59 Å². The number of carbonyl (C=O) groups excluding carboxylic acids is 1. The predicted molar refractivity (Wildman–Crippen MR) is 153 cm³/mol. The van der Waals surface area contributed by atoms with Crippen molar-refractivity contribution in [2.24, 2.45) is 4.99 Å². The first kappa shape index (κ1) is 26.4. The van der Waals surface area contributed by atoms with Gasteiger partial charge in [-0.2, -0.15) is 0 Å². The second-order valence-electron chi connectivity index (χ2n) is 9.44. The fourth-order valence-electron chi connectivity index (χ4n) is 4.82. The molecule has 39 heavy (non-hydrogen) atoms. The van der Waals surface area contributed by atoms with Gasteiger partial charge in [0.25, 0.3) is 5.56 Å². The maximum absolute atomic E-state index is 14.0. The van der Waals surface area contributed by atoms with Gasteiger partial charge in [-0.05, 0) is 68.3 Å². The average molecular weight is 543 g/mol. The van der Waals surface area contributed by atoms with Gasteiger partial charge in [0.1, 0.15) is 11.5 Å². The molecule has 0 radical (unpaired) electrons. The molecule has 4 aromatic rings. The smallest absolute Gasteiger partial charge is 0.338 e. The Labute approximate surface area is 230 Å². The van der Waals surface area contributed by atoms with E-state index in [1.807, 2.05) is 73.7 Å². The Bertz CT molecular complexity index is 1760. The van der Waals surface area contributed by atoms with Gasteiger partial charge >= 0.3 is 5.97 Å². The van der Waals surface area contributed by atoms with Crippen LogP contribution in [0.1, 0.15) is 44.9 Å². The van der Waals surface area contributed by atoms with Crippen LogP contribution in [0.2, 0.25) is 0 Å². The van der Waals surface area contributed by atoms with Gasteiger partial charge in [-0.1, -0.05) is 53.8 Å². The summed E-state index contributed by atoms with van der Waals surface area (Å²) in [6.07, 6.45) is 1.54. The van der Waals surface area contributed by atoms with Crippen LogP contribution in [-0.4, -0.2) is 30.4 Å². The van der Waals surface area contributed by atoms with E-state index < -0.39 is 12.0 Å². The minimum Gasteiger partial charge on any atom is -0.496 e. The fraction of sp³-hybridized carbons (Fsp3) is 0.258. The van der Waals surface area contributed by atoms with Gasteiger partial charge < -0.3 is 14.2 Å². The molecule has 200 valence electrons. The Balaban J connectivity index is 1.74. The molecule has 1 aliphatic rings. The second-order valence-corrected chi connectivity index (χ2v) is 10.4. The number of thiazole rings is 1. The number of carbonyl (C=O) groups is 1. The highest BCUT2D eigenvalue weighted by Crippen LogP contribution is 2.32. The third kappa shape index (κ3) is 5.00. The monoisotopic (exact) mass is 542 g/mol. The van der Waals surface area contributed by atoms with Crippen LogP contribution in [0, 0.1) is 0 Å². The molecular formula is C31H30N2O5S. The third-order valence-corrected chi connectivity index (χ3v) is 7.50. The first-order valence-electron chi connectivity index (χ1n) is 12.8. The minimum absolute atomic E-state index is 0.241. The molecule has 0 fully saturated rings. The molecule has 0 saturated heterocycles. The van der Waals surface area contributed by atoms with Crippen LogP contribution in [0.25, 0.3) is 16.8 Å². The third-order valence-electron chi connectivity index (χ3n) is 6.52. The van der Waals surface area contributed by atoms with E-state index in [1.165, 1.54) is 11.3 Å². The molecule has 1 aliphatic heterocycles. The van der Waals surface area contributed by atoms with Gasteiger partial charge in [-0.3, -0.25) is 9.36 Å². The SMILES string of the molecule is CCOc1ccc([C@H]2C(C(=O)OC(C)C)=C(C)N=c3s/c(=C/c4c(OC)ccc5ccccc45)c(=O)n32)cc1. The van der Waals surface area contributed by atoms with Crippen molar-refractivity contribution in [2.75, 3.05) is 13.7 Å². The number of hydrogen-bond donors (Lipinski definition) is 0. The van der Waals surface area contributed by atoms with Crippen LogP contribution in [0.4, 0.5) is 0 Å². The number of aromatic nitrogens is 1. The molecule has 5 rings (SSSR count). The molecule has 1 atom stereocenters. The van der Waals surface area contributed by atoms with Crippen LogP contribution in [0.3, 0.4) is 0 Å². The number of esters is 1. The molecule has 7 nitrogen and oxygen atoms in total. The molecule has 0 saturated carbocycles. The van der Waals surface area contributed by atoms with Crippen LogP contribution in [0.5, 0.6) is 11.5 Å². The Morgan fingerprint density at radius 2 is 1.85 bits per heavy atom. The van der Waals surface area contributed by atoms with Gasteiger partial charge in [-0.15, -0.1) is 0 Å². The standard InChI is InChI=1S/C31H30N2O5S/c1-6-37-22-14-11-21(12-15-22)28-27(30(35)38-18(2)3)19(4)32-31-33(28)29(34)26(39-31)17-24-23-10-8-7-9-20(23)13-16-25(24)36-5/h7-18,28H,6H2,1-5H3/b26-17+/t28-/m0/s1. The Hall–Kier alpha value is -4.17. The van der Waals surface area contributed by atoms with Crippen molar-refractivity contribution in [3.05, 3.63) is 103 Å². The van der Waals surface area contributed by atoms with E-state index >= 15 is 0 Å². The summed E-state index contributed by atoms with van der Waals surface area (Å²) in [5.41, 5.74) is 2.20. The predicted octanol–water partition coefficient (Wildman–Crippen LogP) is 4.75. The van der Waals surface area contributed by atoms with Crippen molar-refractivity contribution >= 4 is 34.2 Å². The van der Waals surface area contributed by atoms with Crippen LogP contribution >= 0.6 is 11.3 Å². The summed E-state index contributed by atoms with van der Waals surface area (Å²) in [7, 11) is 1.62. The van der Waals surface area contributed by atoms with Crippen LogP contribution in [-0.2, 0) is 9.53 Å². The maximum Gasteiger partial charge on any atom is 0.338 e. The Kier molecular flexibility index (Phi) is 7.39. The zero-order valence-electron chi connectivity index (χ0n) is 22.6. The summed E-state index contributed by atoms with van der Waals surface area (Å²) < 4.78 is 18.9. The summed E-state index contributed by atoms with van der Waals surface area (Å²) in [4.78, 5) is 32.6. The van der Waals surface area contributed by atoms with Crippen molar-refractivity contribution in [3.63, 3.8) is 0 Å². The fourth-order valence-corrected chi connectivity index (χ4v) is 5.85. The van der Waals surface area contributed by atoms with Gasteiger partial charge in [0.15, 0.2) is 4.80 Å². The van der Waals surface area contributed by atoms with Crippen molar-refractivity contribution in [3.8, 4) is 11.5 Å². The molecule has 2 heterocycles. The number of nitrogens with zero attached hydrogens (tertiary/aromatic N) is 2. The number of ether oxygens (including phenoxy) is 3. The lowest BCUT2D eigenvalue weighted by Crippen LogP contribution is -2.40. The largest absolute Gasteiger partial charge is 0.496 e. The zero-order valence-corrected chi connectivity index (χ0v) is 23.4. The summed E-state index contributed by atoms with van der Waals surface area (Å²) >= 11 is 1.29. The lowest BCUT2D eigenvalue weighted by Gasteiger charge is -2.25. The Morgan fingerprint density at radius 3 is 2.54 bits per heavy atom. The number of allylic oxidation sites excluding steroid dienone is 1. The molecule has 0 unspecified atom stereocenters. The second kappa shape index (κ2) is 10.9. The highest BCUT2D eigenvalue weighted by molar-refractivity contribution is 7.07. The van der Waals surface area contributed by atoms with Crippen LogP contribution < -0.4 is 24.4 Å². The van der Waals surface area contributed by atoms with Crippen molar-refractivity contribution in [2.45, 2.75) is 39.8 Å². The first-order valence-corrected chi connectivity index (χ1v) is 13.7. The number of benzene rings is 3. The molecule has 0 bridgehead atoms. The van der Waals surface area contributed by atoms with Crippen molar-refractivity contribution < 1.29 is 19.0 Å². The lowest BCUT2D eigenvalue weighted by molar-refractivity contribution is -0.143. The van der Waals surface area contributed by atoms with Gasteiger partial charge in [-0.25, -0.2) is 9.79 Å². The number of fused-ring (bicyclic) bond motifs is 2. The summed E-state index contributed by atoms with van der Waals surface area (Å²) in [5.74, 6) is 0.888. The van der Waals surface area contributed by atoms with Gasteiger partial charge in [0.05, 0.1) is 41.7 Å². The number of rotatable bonds is 7. The zero-order chi connectivity index (χ0) is 27.7. The van der Waals surface area contributed by atoms with Crippen LogP contribution in [0.15, 0.2) is 81.7 Å². The Morgan fingerprint density at radius 1 is 1.10 bits per heavy atom. The highest BCUT2D eigenvalue weighted by atomic mass is 32.1. The van der Waals surface area contributed by atoms with E-state index in [0.717, 1.165) is 21.9 Å². The molecule has 3 aromatic carbocycles. The molecule has 8 heteroatoms. The van der Waals surface area contributed by atoms with Gasteiger partial charge in [0, 0.05) is 5.56 Å². The van der Waals surface area contributed by atoms with Crippen molar-refractivity contribution in [1.82, 2.24) is 4.57 Å². The summed E-state index contributed by atoms with van der Waals surface area (Å²) in [6, 6.07) is 18.6. The maximum atomic E-state index is 14.0. The molecule has 0 N–H and O–H groups in total. The molecular weight excluding hydrogens is 512 g/mol. The lowest BCUT2D eigenvalue weighted by atomic mass is 9.95. The average Bonchev–Trinajstić information content (AvgIpc) is 3.22. The minimum atomic E-state index is -0.695. The molecule has 0 amide bonds. The van der Waals surface area contributed by atoms with Crippen molar-refractivity contribution in [1.29, 1.82) is 0 Å². The first-order chi connectivity index (χ1) is 18.8. The van der Waals surface area contributed by atoms with E-state index in [-0.39, 0.29) is 11.7 Å². The quantitative estimate of drug-likeness (QED) is 0.315. The highest BCUT2D eigenvalue weighted by Gasteiger charge is 2.33.